The summed E-state index contributed by atoms with van der Waals surface area (Å²) in [5.74, 6) is 0.403. The molecule has 2 saturated heterocycles. The Hall–Kier alpha value is -3.27. The van der Waals surface area contributed by atoms with E-state index in [1.807, 2.05) is 25.1 Å². The molecule has 2 aliphatic rings. The summed E-state index contributed by atoms with van der Waals surface area (Å²) in [4.78, 5) is 38.1. The second kappa shape index (κ2) is 10.4. The summed E-state index contributed by atoms with van der Waals surface area (Å²) in [6.45, 7) is 10.1. The van der Waals surface area contributed by atoms with Gasteiger partial charge in [-0.2, -0.15) is 0 Å². The summed E-state index contributed by atoms with van der Waals surface area (Å²) in [7, 11) is 0. The van der Waals surface area contributed by atoms with Gasteiger partial charge in [0.25, 0.3) is 11.5 Å². The van der Waals surface area contributed by atoms with Crippen LogP contribution in [0.25, 0.3) is 11.7 Å². The molecule has 0 atom stereocenters. The van der Waals surface area contributed by atoms with E-state index in [9.17, 15) is 9.59 Å². The van der Waals surface area contributed by atoms with Crippen LogP contribution in [0, 0.1) is 6.92 Å². The third-order valence-corrected chi connectivity index (χ3v) is 7.82. The summed E-state index contributed by atoms with van der Waals surface area (Å²) in [6.07, 6.45) is 5.03. The smallest absolute Gasteiger partial charge is 0.267 e. The van der Waals surface area contributed by atoms with E-state index in [4.69, 9.17) is 17.2 Å². The topological polar surface area (TPSA) is 61.2 Å². The van der Waals surface area contributed by atoms with Crippen molar-refractivity contribution in [1.29, 1.82) is 0 Å². The van der Waals surface area contributed by atoms with Gasteiger partial charge in [0.2, 0.25) is 0 Å². The number of thioether (sulfide) groups is 1. The number of benzene rings is 1. The van der Waals surface area contributed by atoms with Gasteiger partial charge in [-0.15, -0.1) is 6.58 Å². The average molecular weight is 518 g/mol. The molecule has 0 saturated carbocycles. The van der Waals surface area contributed by atoms with Crippen LogP contribution in [0.1, 0.15) is 16.7 Å². The second-order valence-electron chi connectivity index (χ2n) is 8.87. The van der Waals surface area contributed by atoms with E-state index in [1.54, 1.807) is 22.7 Å². The van der Waals surface area contributed by atoms with Crippen LogP contribution in [0.5, 0.6) is 0 Å². The zero-order valence-electron chi connectivity index (χ0n) is 20.1. The van der Waals surface area contributed by atoms with Gasteiger partial charge in [-0.3, -0.25) is 23.8 Å². The molecule has 0 bridgehead atoms. The number of hydrogen-bond donors (Lipinski definition) is 0. The number of thiocarbonyl (C=S) groups is 1. The van der Waals surface area contributed by atoms with Crippen LogP contribution in [-0.4, -0.2) is 62.1 Å². The van der Waals surface area contributed by atoms with Gasteiger partial charge in [-0.25, -0.2) is 4.98 Å². The molecule has 7 nitrogen and oxygen atoms in total. The van der Waals surface area contributed by atoms with Crippen LogP contribution in [-0.2, 0) is 11.3 Å². The average Bonchev–Trinajstić information content (AvgIpc) is 3.15. The van der Waals surface area contributed by atoms with Gasteiger partial charge in [0.1, 0.15) is 15.8 Å². The van der Waals surface area contributed by atoms with Crippen molar-refractivity contribution in [3.63, 3.8) is 0 Å². The van der Waals surface area contributed by atoms with Crippen molar-refractivity contribution in [2.45, 2.75) is 13.5 Å². The van der Waals surface area contributed by atoms with E-state index in [1.165, 1.54) is 22.2 Å². The van der Waals surface area contributed by atoms with E-state index in [0.29, 0.717) is 32.8 Å². The third-order valence-electron chi connectivity index (χ3n) is 6.45. The van der Waals surface area contributed by atoms with Crippen molar-refractivity contribution >= 4 is 51.7 Å². The van der Waals surface area contributed by atoms with Crippen LogP contribution in [0.3, 0.4) is 0 Å². The van der Waals surface area contributed by atoms with Gasteiger partial charge in [-0.05, 0) is 30.2 Å². The van der Waals surface area contributed by atoms with Crippen molar-refractivity contribution in [2.75, 3.05) is 37.6 Å². The fourth-order valence-electron chi connectivity index (χ4n) is 4.54. The fraction of sp³-hybridized carbons (Fsp3) is 0.259. The molecule has 2 aliphatic heterocycles. The molecule has 1 amide bonds. The monoisotopic (exact) mass is 517 g/mol. The van der Waals surface area contributed by atoms with Crippen LogP contribution in [0.4, 0.5) is 5.82 Å². The molecule has 9 heteroatoms. The minimum atomic E-state index is -0.211. The van der Waals surface area contributed by atoms with Gasteiger partial charge < -0.3 is 4.90 Å². The summed E-state index contributed by atoms with van der Waals surface area (Å²) >= 11 is 6.60. The molecule has 0 unspecified atom stereocenters. The third kappa shape index (κ3) is 4.74. The van der Waals surface area contributed by atoms with Gasteiger partial charge >= 0.3 is 0 Å². The Bertz CT molecular complexity index is 1430. The van der Waals surface area contributed by atoms with Crippen LogP contribution >= 0.6 is 24.0 Å². The maximum Gasteiger partial charge on any atom is 0.267 e. The number of fused-ring (bicyclic) bond motifs is 1. The first kappa shape index (κ1) is 24.4. The number of rotatable bonds is 6. The van der Waals surface area contributed by atoms with Crippen molar-refractivity contribution in [3.8, 4) is 0 Å². The number of carbonyl (C=O) groups excluding carboxylic acids is 1. The SMILES string of the molecule is C=CCN1C(=O)/C(=C\c2c(N3CCN(Cc4ccccc4)CC3)nc3c(C)cccn3c2=O)SC1=S. The molecule has 0 spiro atoms. The molecule has 2 aromatic heterocycles. The summed E-state index contributed by atoms with van der Waals surface area (Å²) < 4.78 is 2.02. The van der Waals surface area contributed by atoms with Gasteiger partial charge in [0, 0.05) is 45.5 Å². The van der Waals surface area contributed by atoms with Gasteiger partial charge in [0.05, 0.1) is 10.5 Å². The molecule has 0 radical (unpaired) electrons. The zero-order chi connectivity index (χ0) is 25.2. The Labute approximate surface area is 219 Å². The molecule has 1 aromatic carbocycles. The molecule has 0 aliphatic carbocycles. The maximum absolute atomic E-state index is 13.7. The summed E-state index contributed by atoms with van der Waals surface area (Å²) in [5.41, 5.74) is 3.04. The van der Waals surface area contributed by atoms with Gasteiger partial charge in [-0.1, -0.05) is 66.5 Å². The lowest BCUT2D eigenvalue weighted by atomic mass is 10.1. The molecule has 3 aromatic rings. The van der Waals surface area contributed by atoms with E-state index in [-0.39, 0.29) is 11.5 Å². The van der Waals surface area contributed by atoms with Crippen molar-refractivity contribution in [1.82, 2.24) is 19.2 Å². The minimum Gasteiger partial charge on any atom is -0.353 e. The molecule has 4 heterocycles. The van der Waals surface area contributed by atoms with E-state index < -0.39 is 0 Å². The van der Waals surface area contributed by atoms with Crippen LogP contribution in [0.15, 0.2) is 71.0 Å². The predicted octanol–water partition coefficient (Wildman–Crippen LogP) is 3.71. The van der Waals surface area contributed by atoms with E-state index >= 15 is 0 Å². The van der Waals surface area contributed by atoms with Gasteiger partial charge in [0.15, 0.2) is 0 Å². The Balaban J connectivity index is 1.50. The highest BCUT2D eigenvalue weighted by atomic mass is 32.2. The Morgan fingerprint density at radius 2 is 1.83 bits per heavy atom. The number of amides is 1. The molecular formula is C27H27N5O2S2. The van der Waals surface area contributed by atoms with Crippen LogP contribution in [0.2, 0.25) is 0 Å². The molecule has 184 valence electrons. The van der Waals surface area contributed by atoms with Crippen molar-refractivity contribution in [3.05, 3.63) is 93.3 Å². The second-order valence-corrected chi connectivity index (χ2v) is 10.5. The van der Waals surface area contributed by atoms with Crippen molar-refractivity contribution < 1.29 is 4.79 Å². The Morgan fingerprint density at radius 1 is 1.08 bits per heavy atom. The summed E-state index contributed by atoms with van der Waals surface area (Å²) in [5, 5.41) is 0. The predicted molar refractivity (Wildman–Crippen MR) is 150 cm³/mol. The summed E-state index contributed by atoms with van der Waals surface area (Å²) in [6, 6.07) is 14.2. The minimum absolute atomic E-state index is 0.195. The molecule has 36 heavy (non-hydrogen) atoms. The van der Waals surface area contributed by atoms with E-state index in [0.717, 1.165) is 38.3 Å². The molecule has 0 N–H and O–H groups in total. The number of aryl methyl sites for hydroxylation is 1. The standard InChI is InChI=1S/C27H27N5O2S2/c1-3-11-32-26(34)22(36-27(32)35)17-21-24(28-23-19(2)8-7-12-31(23)25(21)33)30-15-13-29(14-16-30)18-20-9-5-4-6-10-20/h3-10,12,17H,1,11,13-16,18H2,2H3/b22-17+. The Kier molecular flexibility index (Phi) is 7.04. The first-order chi connectivity index (χ1) is 17.5. The number of nitrogens with zero attached hydrogens (tertiary/aromatic N) is 5. The number of anilines is 1. The highest BCUT2D eigenvalue weighted by Crippen LogP contribution is 2.33. The number of carbonyl (C=O) groups is 1. The molecule has 2 fully saturated rings. The Morgan fingerprint density at radius 3 is 2.56 bits per heavy atom. The number of piperazine rings is 1. The van der Waals surface area contributed by atoms with E-state index in [2.05, 4.69) is 40.6 Å². The lowest BCUT2D eigenvalue weighted by Crippen LogP contribution is -2.47. The number of pyridine rings is 1. The van der Waals surface area contributed by atoms with Crippen molar-refractivity contribution in [2.24, 2.45) is 0 Å². The number of aromatic nitrogens is 2. The molecular weight excluding hydrogens is 490 g/mol. The lowest BCUT2D eigenvalue weighted by Gasteiger charge is -2.36. The maximum atomic E-state index is 13.7. The quantitative estimate of drug-likeness (QED) is 0.281. The van der Waals surface area contributed by atoms with Crippen LogP contribution < -0.4 is 10.5 Å². The molecule has 5 rings (SSSR count). The fourth-order valence-corrected chi connectivity index (χ4v) is 5.80. The first-order valence-corrected chi connectivity index (χ1v) is 13.1. The highest BCUT2D eigenvalue weighted by molar-refractivity contribution is 8.26. The normalized spacial score (nSPS) is 18.0. The zero-order valence-corrected chi connectivity index (χ0v) is 21.7. The number of hydrogen-bond acceptors (Lipinski definition) is 7. The first-order valence-electron chi connectivity index (χ1n) is 11.9. The highest BCUT2D eigenvalue weighted by Gasteiger charge is 2.32. The lowest BCUT2D eigenvalue weighted by molar-refractivity contribution is -0.121. The largest absolute Gasteiger partial charge is 0.353 e.